The van der Waals surface area contributed by atoms with Crippen molar-refractivity contribution in [3.63, 3.8) is 0 Å². The Morgan fingerprint density at radius 2 is 2.06 bits per heavy atom. The minimum Gasteiger partial charge on any atom is -0.390 e. The molecular weight excluding hydrogens is 206 g/mol. The van der Waals surface area contributed by atoms with Gasteiger partial charge in [0.05, 0.1) is 30.3 Å². The molecule has 2 rings (SSSR count). The molecule has 1 aliphatic rings. The third kappa shape index (κ3) is 2.48. The summed E-state index contributed by atoms with van der Waals surface area (Å²) in [5.74, 6) is 0.780. The molecule has 0 amide bonds. The minimum atomic E-state index is -0.557. The molecule has 88 valence electrons. The van der Waals surface area contributed by atoms with Crippen molar-refractivity contribution in [1.82, 2.24) is 9.97 Å². The molecule has 1 aliphatic heterocycles. The second-order valence-electron chi connectivity index (χ2n) is 4.51. The number of hydrogen-bond donors (Lipinski definition) is 2. The zero-order valence-corrected chi connectivity index (χ0v) is 9.43. The summed E-state index contributed by atoms with van der Waals surface area (Å²) < 4.78 is 0. The molecule has 5 heteroatoms. The summed E-state index contributed by atoms with van der Waals surface area (Å²) in [6, 6.07) is 0. The summed E-state index contributed by atoms with van der Waals surface area (Å²) in [4.78, 5) is 10.4. The van der Waals surface area contributed by atoms with E-state index in [2.05, 4.69) is 14.9 Å². The van der Waals surface area contributed by atoms with Gasteiger partial charge in [0, 0.05) is 13.1 Å². The van der Waals surface area contributed by atoms with Crippen molar-refractivity contribution in [3.8, 4) is 0 Å². The van der Waals surface area contributed by atoms with E-state index < -0.39 is 5.60 Å². The van der Waals surface area contributed by atoms with Gasteiger partial charge in [-0.05, 0) is 19.8 Å². The van der Waals surface area contributed by atoms with Crippen LogP contribution in [0, 0.1) is 0 Å². The van der Waals surface area contributed by atoms with E-state index in [-0.39, 0.29) is 6.61 Å². The lowest BCUT2D eigenvalue weighted by atomic mass is 9.94. The van der Waals surface area contributed by atoms with E-state index in [1.165, 1.54) is 0 Å². The monoisotopic (exact) mass is 223 g/mol. The van der Waals surface area contributed by atoms with Crippen LogP contribution in [0.1, 0.15) is 25.5 Å². The zero-order chi connectivity index (χ0) is 11.6. The van der Waals surface area contributed by atoms with Gasteiger partial charge < -0.3 is 15.1 Å². The van der Waals surface area contributed by atoms with Crippen LogP contribution in [0.25, 0.3) is 0 Å². The Labute approximate surface area is 94.8 Å². The molecule has 16 heavy (non-hydrogen) atoms. The van der Waals surface area contributed by atoms with Gasteiger partial charge in [-0.1, -0.05) is 0 Å². The van der Waals surface area contributed by atoms with E-state index in [0.717, 1.165) is 31.7 Å². The number of rotatable bonds is 2. The van der Waals surface area contributed by atoms with Gasteiger partial charge >= 0.3 is 0 Å². The normalized spacial score (nSPS) is 19.8. The third-order valence-corrected chi connectivity index (χ3v) is 3.00. The topological polar surface area (TPSA) is 69.5 Å². The molecule has 0 atom stereocenters. The van der Waals surface area contributed by atoms with Crippen LogP contribution in [0.15, 0.2) is 12.4 Å². The Hall–Kier alpha value is -1.20. The van der Waals surface area contributed by atoms with Gasteiger partial charge in [0.25, 0.3) is 0 Å². The van der Waals surface area contributed by atoms with Crippen LogP contribution < -0.4 is 4.90 Å². The Morgan fingerprint density at radius 1 is 1.38 bits per heavy atom. The number of anilines is 1. The molecule has 1 fully saturated rings. The second-order valence-corrected chi connectivity index (χ2v) is 4.51. The fourth-order valence-corrected chi connectivity index (χ4v) is 1.84. The maximum absolute atomic E-state index is 9.84. The highest BCUT2D eigenvalue weighted by atomic mass is 16.3. The first kappa shape index (κ1) is 11.3. The van der Waals surface area contributed by atoms with Crippen molar-refractivity contribution in [2.45, 2.75) is 32.0 Å². The molecule has 2 N–H and O–H groups in total. The Balaban J connectivity index is 2.08. The Kier molecular flexibility index (Phi) is 3.07. The van der Waals surface area contributed by atoms with E-state index >= 15 is 0 Å². The second kappa shape index (κ2) is 4.35. The van der Waals surface area contributed by atoms with E-state index in [0.29, 0.717) is 5.69 Å². The summed E-state index contributed by atoms with van der Waals surface area (Å²) in [6.07, 6.45) is 4.72. The standard InChI is InChI=1S/C11H17N3O2/c1-11(16)2-4-14(5-3-11)10-7-12-6-9(8-15)13-10/h6-7,15-16H,2-5,8H2,1H3. The molecule has 0 bridgehead atoms. The quantitative estimate of drug-likeness (QED) is 0.755. The predicted octanol–water partition coefficient (Wildman–Crippen LogP) is 0.320. The summed E-state index contributed by atoms with van der Waals surface area (Å²) in [6.45, 7) is 3.32. The molecule has 1 aromatic heterocycles. The molecule has 0 aromatic carbocycles. The number of aliphatic hydroxyl groups is 2. The van der Waals surface area contributed by atoms with Crippen molar-refractivity contribution in [3.05, 3.63) is 18.1 Å². The van der Waals surface area contributed by atoms with Crippen LogP contribution >= 0.6 is 0 Å². The molecule has 0 aliphatic carbocycles. The highest BCUT2D eigenvalue weighted by Gasteiger charge is 2.27. The van der Waals surface area contributed by atoms with Crippen molar-refractivity contribution in [2.75, 3.05) is 18.0 Å². The average Bonchev–Trinajstić information content (AvgIpc) is 2.29. The molecule has 0 saturated carbocycles. The van der Waals surface area contributed by atoms with Crippen LogP contribution in [0.3, 0.4) is 0 Å². The van der Waals surface area contributed by atoms with Crippen LogP contribution in [-0.2, 0) is 6.61 Å². The largest absolute Gasteiger partial charge is 0.390 e. The molecular formula is C11H17N3O2. The zero-order valence-electron chi connectivity index (χ0n) is 9.43. The van der Waals surface area contributed by atoms with Crippen LogP contribution in [0.2, 0.25) is 0 Å². The number of hydrogen-bond acceptors (Lipinski definition) is 5. The van der Waals surface area contributed by atoms with Crippen LogP contribution in [0.4, 0.5) is 5.82 Å². The van der Waals surface area contributed by atoms with Gasteiger partial charge in [0.15, 0.2) is 0 Å². The van der Waals surface area contributed by atoms with Crippen LogP contribution in [0.5, 0.6) is 0 Å². The summed E-state index contributed by atoms with van der Waals surface area (Å²) in [5.41, 5.74) is 0.0215. The van der Waals surface area contributed by atoms with Crippen molar-refractivity contribution < 1.29 is 10.2 Å². The molecule has 0 unspecified atom stereocenters. The maximum Gasteiger partial charge on any atom is 0.147 e. The Morgan fingerprint density at radius 3 is 2.69 bits per heavy atom. The smallest absolute Gasteiger partial charge is 0.147 e. The van der Waals surface area contributed by atoms with Gasteiger partial charge in [-0.25, -0.2) is 4.98 Å². The molecule has 5 nitrogen and oxygen atoms in total. The molecule has 0 spiro atoms. The number of piperidine rings is 1. The van der Waals surface area contributed by atoms with E-state index in [1.54, 1.807) is 12.4 Å². The Bertz CT molecular complexity index is 358. The molecule has 2 heterocycles. The van der Waals surface area contributed by atoms with Crippen molar-refractivity contribution >= 4 is 5.82 Å². The summed E-state index contributed by atoms with van der Waals surface area (Å²) in [5, 5.41) is 18.8. The van der Waals surface area contributed by atoms with Gasteiger partial charge in [0.1, 0.15) is 5.82 Å². The number of nitrogens with zero attached hydrogens (tertiary/aromatic N) is 3. The lowest BCUT2D eigenvalue weighted by Gasteiger charge is -2.36. The fourth-order valence-electron chi connectivity index (χ4n) is 1.84. The SMILES string of the molecule is CC1(O)CCN(c2cncc(CO)n2)CC1. The maximum atomic E-state index is 9.84. The van der Waals surface area contributed by atoms with Crippen molar-refractivity contribution in [2.24, 2.45) is 0 Å². The predicted molar refractivity (Wildman–Crippen MR) is 60.0 cm³/mol. The summed E-state index contributed by atoms with van der Waals surface area (Å²) in [7, 11) is 0. The van der Waals surface area contributed by atoms with Gasteiger partial charge in [-0.2, -0.15) is 0 Å². The lowest BCUT2D eigenvalue weighted by molar-refractivity contribution is 0.0350. The molecule has 1 aromatic rings. The van der Waals surface area contributed by atoms with E-state index in [9.17, 15) is 5.11 Å². The van der Waals surface area contributed by atoms with Crippen molar-refractivity contribution in [1.29, 1.82) is 0 Å². The lowest BCUT2D eigenvalue weighted by Crippen LogP contribution is -2.42. The molecule has 0 radical (unpaired) electrons. The number of aliphatic hydroxyl groups excluding tert-OH is 1. The minimum absolute atomic E-state index is 0.0909. The van der Waals surface area contributed by atoms with E-state index in [1.807, 2.05) is 6.92 Å². The first-order valence-corrected chi connectivity index (χ1v) is 5.50. The van der Waals surface area contributed by atoms with Crippen LogP contribution in [-0.4, -0.2) is 38.9 Å². The molecule has 1 saturated heterocycles. The highest BCUT2D eigenvalue weighted by molar-refractivity contribution is 5.37. The van der Waals surface area contributed by atoms with Gasteiger partial charge in [0.2, 0.25) is 0 Å². The fraction of sp³-hybridized carbons (Fsp3) is 0.636. The number of aromatic nitrogens is 2. The van der Waals surface area contributed by atoms with Gasteiger partial charge in [-0.15, -0.1) is 0 Å². The summed E-state index contributed by atoms with van der Waals surface area (Å²) >= 11 is 0. The average molecular weight is 223 g/mol. The van der Waals surface area contributed by atoms with E-state index in [4.69, 9.17) is 5.11 Å². The first-order valence-electron chi connectivity index (χ1n) is 5.50. The first-order chi connectivity index (χ1) is 7.61. The third-order valence-electron chi connectivity index (χ3n) is 3.00. The van der Waals surface area contributed by atoms with Gasteiger partial charge in [-0.3, -0.25) is 4.98 Å². The highest BCUT2D eigenvalue weighted by Crippen LogP contribution is 2.24.